The van der Waals surface area contributed by atoms with Crippen LogP contribution in [-0.2, 0) is 6.42 Å². The molecule has 0 amide bonds. The lowest BCUT2D eigenvalue weighted by Gasteiger charge is -2.26. The summed E-state index contributed by atoms with van der Waals surface area (Å²) in [5, 5.41) is 0. The first-order chi connectivity index (χ1) is 7.55. The second kappa shape index (κ2) is 4.82. The van der Waals surface area contributed by atoms with Gasteiger partial charge in [-0.25, -0.2) is 0 Å². The van der Waals surface area contributed by atoms with E-state index in [0.717, 1.165) is 12.0 Å². The monoisotopic (exact) mass is 218 g/mol. The van der Waals surface area contributed by atoms with Gasteiger partial charge in [-0.15, -0.1) is 0 Å². The summed E-state index contributed by atoms with van der Waals surface area (Å²) in [4.78, 5) is 12.2. The first-order valence-electron chi connectivity index (χ1n) is 6.18. The second-order valence-corrected chi connectivity index (χ2v) is 4.74. The van der Waals surface area contributed by atoms with Crippen LogP contribution in [0.2, 0.25) is 0 Å². The minimum absolute atomic E-state index is 0.177. The Morgan fingerprint density at radius 2 is 1.75 bits per heavy atom. The van der Waals surface area contributed by atoms with Gasteiger partial charge >= 0.3 is 0 Å². The van der Waals surface area contributed by atoms with Crippen LogP contribution in [0.3, 0.4) is 0 Å². The smallest absolute Gasteiger partial charge is 0.169 e. The Labute approximate surface area is 98.9 Å². The zero-order valence-corrected chi connectivity index (χ0v) is 11.0. The predicted molar refractivity (Wildman–Crippen MR) is 68.8 cm³/mol. The fourth-order valence-electron chi connectivity index (χ4n) is 2.15. The van der Waals surface area contributed by atoms with E-state index in [1.54, 1.807) is 0 Å². The fourth-order valence-corrected chi connectivity index (χ4v) is 2.15. The molecule has 2 rings (SSSR count). The number of hydrogen-bond acceptors (Lipinski definition) is 1. The van der Waals surface area contributed by atoms with Gasteiger partial charge in [0, 0.05) is 11.0 Å². The molecule has 0 aromatic heterocycles. The maximum atomic E-state index is 12.2. The van der Waals surface area contributed by atoms with Gasteiger partial charge in [0.2, 0.25) is 0 Å². The second-order valence-electron chi connectivity index (χ2n) is 4.74. The number of Topliss-reactive ketones (excluding diaryl/α,β-unsaturated/α-hetero) is 1. The molecule has 1 atom stereocenters. The third-order valence-electron chi connectivity index (χ3n) is 3.61. The largest absolute Gasteiger partial charge is 0.294 e. The molecule has 1 heteroatoms. The number of ketones is 1. The summed E-state index contributed by atoms with van der Waals surface area (Å²) in [5.41, 5.74) is 1.97. The Balaban J connectivity index is 0.000000606. The summed E-state index contributed by atoms with van der Waals surface area (Å²) in [7, 11) is 0. The Bertz CT molecular complexity index is 379. The molecule has 0 heterocycles. The van der Waals surface area contributed by atoms with E-state index in [9.17, 15) is 4.79 Å². The minimum Gasteiger partial charge on any atom is -0.294 e. The Hall–Kier alpha value is -1.11. The molecule has 1 aliphatic rings. The zero-order chi connectivity index (χ0) is 12.3. The van der Waals surface area contributed by atoms with E-state index in [0.29, 0.717) is 11.7 Å². The van der Waals surface area contributed by atoms with Crippen molar-refractivity contribution in [2.24, 2.45) is 11.3 Å². The van der Waals surface area contributed by atoms with Crippen LogP contribution in [0.15, 0.2) is 24.3 Å². The van der Waals surface area contributed by atoms with Crippen LogP contribution in [0, 0.1) is 11.3 Å². The molecule has 0 aliphatic heterocycles. The fraction of sp³-hybridized carbons (Fsp3) is 0.533. The number of fused-ring (bicyclic) bond motifs is 1. The lowest BCUT2D eigenvalue weighted by Crippen LogP contribution is -2.30. The van der Waals surface area contributed by atoms with Gasteiger partial charge in [0.1, 0.15) is 0 Å². The van der Waals surface area contributed by atoms with Gasteiger partial charge in [-0.3, -0.25) is 4.79 Å². The van der Waals surface area contributed by atoms with E-state index in [4.69, 9.17) is 0 Å². The van der Waals surface area contributed by atoms with E-state index >= 15 is 0 Å². The quantitative estimate of drug-likeness (QED) is 0.693. The van der Waals surface area contributed by atoms with E-state index in [1.807, 2.05) is 32.0 Å². The van der Waals surface area contributed by atoms with Crippen LogP contribution in [0.25, 0.3) is 0 Å². The summed E-state index contributed by atoms with van der Waals surface area (Å²) in [6.07, 6.45) is 0.902. The lowest BCUT2D eigenvalue weighted by atomic mass is 9.76. The van der Waals surface area contributed by atoms with Crippen molar-refractivity contribution >= 4 is 5.78 Å². The molecule has 0 saturated carbocycles. The molecule has 88 valence electrons. The molecule has 1 aromatic carbocycles. The highest BCUT2D eigenvalue weighted by Crippen LogP contribution is 2.41. The molecule has 0 spiro atoms. The van der Waals surface area contributed by atoms with Gasteiger partial charge in [-0.2, -0.15) is 0 Å². The molecule has 0 bridgehead atoms. The molecule has 1 aromatic rings. The van der Waals surface area contributed by atoms with Crippen molar-refractivity contribution in [2.75, 3.05) is 0 Å². The lowest BCUT2D eigenvalue weighted by molar-refractivity contribution is 0.0772. The number of carbonyl (C=O) groups is 1. The molecule has 1 nitrogen and oxygen atoms in total. The van der Waals surface area contributed by atoms with Crippen LogP contribution >= 0.6 is 0 Å². The van der Waals surface area contributed by atoms with Crippen LogP contribution in [-0.4, -0.2) is 5.78 Å². The predicted octanol–water partition coefficient (Wildman–Crippen LogP) is 4.11. The van der Waals surface area contributed by atoms with Crippen LogP contribution in [0.1, 0.15) is 50.5 Å². The molecular weight excluding hydrogens is 196 g/mol. The normalized spacial score (nSPS) is 22.8. The highest BCUT2D eigenvalue weighted by atomic mass is 16.1. The van der Waals surface area contributed by atoms with Crippen molar-refractivity contribution in [3.63, 3.8) is 0 Å². The summed E-state index contributed by atoms with van der Waals surface area (Å²) in [6, 6.07) is 7.98. The van der Waals surface area contributed by atoms with Crippen molar-refractivity contribution in [1.29, 1.82) is 0 Å². The summed E-state index contributed by atoms with van der Waals surface area (Å²) in [5.74, 6) is 0.727. The SMILES string of the molecule is CC.CC(C)C1(C)Cc2ccccc2C1=O. The molecule has 0 radical (unpaired) electrons. The van der Waals surface area contributed by atoms with E-state index in [1.165, 1.54) is 5.56 Å². The maximum absolute atomic E-state index is 12.2. The average Bonchev–Trinajstić information content (AvgIpc) is 2.56. The Kier molecular flexibility index (Phi) is 3.90. The molecule has 1 aliphatic carbocycles. The summed E-state index contributed by atoms with van der Waals surface area (Å²) < 4.78 is 0. The maximum Gasteiger partial charge on any atom is 0.169 e. The van der Waals surface area contributed by atoms with Crippen molar-refractivity contribution < 1.29 is 4.79 Å². The van der Waals surface area contributed by atoms with Crippen LogP contribution < -0.4 is 0 Å². The average molecular weight is 218 g/mol. The van der Waals surface area contributed by atoms with E-state index in [2.05, 4.69) is 26.8 Å². The summed E-state index contributed by atoms with van der Waals surface area (Å²) >= 11 is 0. The van der Waals surface area contributed by atoms with Gasteiger partial charge in [0.05, 0.1) is 0 Å². The third-order valence-corrected chi connectivity index (χ3v) is 3.61. The van der Waals surface area contributed by atoms with Gasteiger partial charge in [-0.1, -0.05) is 58.9 Å². The third kappa shape index (κ3) is 1.91. The first-order valence-corrected chi connectivity index (χ1v) is 6.18. The van der Waals surface area contributed by atoms with Crippen molar-refractivity contribution in [3.05, 3.63) is 35.4 Å². The number of carbonyl (C=O) groups excluding carboxylic acids is 1. The highest BCUT2D eigenvalue weighted by molar-refractivity contribution is 6.04. The Morgan fingerprint density at radius 1 is 1.19 bits per heavy atom. The Morgan fingerprint density at radius 3 is 2.25 bits per heavy atom. The van der Waals surface area contributed by atoms with Gasteiger partial charge in [0.15, 0.2) is 5.78 Å². The van der Waals surface area contributed by atoms with Crippen molar-refractivity contribution in [3.8, 4) is 0 Å². The topological polar surface area (TPSA) is 17.1 Å². The minimum atomic E-state index is -0.177. The van der Waals surface area contributed by atoms with E-state index in [-0.39, 0.29) is 5.41 Å². The molecule has 0 saturated heterocycles. The summed E-state index contributed by atoms with van der Waals surface area (Å²) in [6.45, 7) is 10.3. The van der Waals surface area contributed by atoms with Crippen LogP contribution in [0.4, 0.5) is 0 Å². The highest BCUT2D eigenvalue weighted by Gasteiger charge is 2.43. The first kappa shape index (κ1) is 13.0. The van der Waals surface area contributed by atoms with Crippen molar-refractivity contribution in [1.82, 2.24) is 0 Å². The van der Waals surface area contributed by atoms with Gasteiger partial charge < -0.3 is 0 Å². The molecule has 16 heavy (non-hydrogen) atoms. The molecular formula is C15H22O. The van der Waals surface area contributed by atoms with E-state index < -0.39 is 0 Å². The van der Waals surface area contributed by atoms with Gasteiger partial charge in [0.25, 0.3) is 0 Å². The van der Waals surface area contributed by atoms with Crippen LogP contribution in [0.5, 0.6) is 0 Å². The number of rotatable bonds is 1. The number of hydrogen-bond donors (Lipinski definition) is 0. The van der Waals surface area contributed by atoms with Gasteiger partial charge in [-0.05, 0) is 17.9 Å². The standard InChI is InChI=1S/C13H16O.C2H6/c1-9(2)13(3)8-10-6-4-5-7-11(10)12(13)14;1-2/h4-7,9H,8H2,1-3H3;1-2H3. The zero-order valence-electron chi connectivity index (χ0n) is 11.0. The molecule has 1 unspecified atom stereocenters. The number of benzene rings is 1. The molecule has 0 fully saturated rings. The molecule has 0 N–H and O–H groups in total. The van der Waals surface area contributed by atoms with Crippen molar-refractivity contribution in [2.45, 2.75) is 41.0 Å².